The molecule has 3 rings (SSSR count). The highest BCUT2D eigenvalue weighted by Crippen LogP contribution is 2.25. The van der Waals surface area contributed by atoms with Crippen molar-refractivity contribution in [2.75, 3.05) is 13.7 Å². The maximum absolute atomic E-state index is 12.9. The lowest BCUT2D eigenvalue weighted by molar-refractivity contribution is -0.0509. The molecule has 1 heterocycles. The molecule has 0 aliphatic heterocycles. The minimum Gasteiger partial charge on any atom is -0.497 e. The Hall–Kier alpha value is -3.09. The van der Waals surface area contributed by atoms with Crippen molar-refractivity contribution in [3.63, 3.8) is 0 Å². The van der Waals surface area contributed by atoms with Crippen molar-refractivity contribution < 1.29 is 24.1 Å². The summed E-state index contributed by atoms with van der Waals surface area (Å²) in [6, 6.07) is 12.4. The highest BCUT2D eigenvalue weighted by molar-refractivity contribution is 5.82. The van der Waals surface area contributed by atoms with Gasteiger partial charge < -0.3 is 24.1 Å². The third-order valence-electron chi connectivity index (χ3n) is 5.46. The molecule has 0 unspecified atom stereocenters. The van der Waals surface area contributed by atoms with Crippen LogP contribution in [-0.2, 0) is 0 Å². The van der Waals surface area contributed by atoms with E-state index in [1.54, 1.807) is 51.3 Å². The number of ether oxygens (including phenoxy) is 2. The van der Waals surface area contributed by atoms with Gasteiger partial charge in [-0.15, -0.1) is 0 Å². The summed E-state index contributed by atoms with van der Waals surface area (Å²) in [5, 5.41) is 20.2. The molecule has 170 valence electrons. The van der Waals surface area contributed by atoms with Crippen molar-refractivity contribution in [1.82, 2.24) is 0 Å². The van der Waals surface area contributed by atoms with E-state index in [1.807, 2.05) is 25.1 Å². The fourth-order valence-corrected chi connectivity index (χ4v) is 3.27. The maximum atomic E-state index is 12.9. The largest absolute Gasteiger partial charge is 0.497 e. The molecule has 1 aromatic heterocycles. The van der Waals surface area contributed by atoms with Crippen LogP contribution in [0.3, 0.4) is 0 Å². The van der Waals surface area contributed by atoms with Crippen LogP contribution in [0.25, 0.3) is 22.1 Å². The van der Waals surface area contributed by atoms with E-state index < -0.39 is 11.7 Å². The number of methoxy groups -OCH3 is 1. The van der Waals surface area contributed by atoms with Crippen molar-refractivity contribution in [3.05, 3.63) is 70.6 Å². The zero-order valence-corrected chi connectivity index (χ0v) is 18.9. The molecular weight excluding hydrogens is 408 g/mol. The van der Waals surface area contributed by atoms with Crippen LogP contribution in [0.15, 0.2) is 69.6 Å². The van der Waals surface area contributed by atoms with Crippen molar-refractivity contribution in [3.8, 4) is 22.6 Å². The minimum atomic E-state index is -1.11. The third kappa shape index (κ3) is 5.78. The van der Waals surface area contributed by atoms with E-state index in [0.29, 0.717) is 41.7 Å². The molecule has 1 atom stereocenters. The summed E-state index contributed by atoms with van der Waals surface area (Å²) < 4.78 is 16.7. The van der Waals surface area contributed by atoms with Crippen LogP contribution in [0, 0.1) is 0 Å². The van der Waals surface area contributed by atoms with Gasteiger partial charge in [0.15, 0.2) is 5.43 Å². The number of hydrogen-bond acceptors (Lipinski definition) is 6. The first-order valence-corrected chi connectivity index (χ1v) is 10.6. The van der Waals surface area contributed by atoms with Crippen LogP contribution in [0.4, 0.5) is 0 Å². The van der Waals surface area contributed by atoms with Gasteiger partial charge in [-0.05, 0) is 69.5 Å². The molecule has 0 aliphatic rings. The summed E-state index contributed by atoms with van der Waals surface area (Å²) in [6.07, 6.45) is 3.76. The van der Waals surface area contributed by atoms with Crippen LogP contribution in [0.2, 0.25) is 0 Å². The molecule has 2 aromatic carbocycles. The van der Waals surface area contributed by atoms with Crippen LogP contribution in [0.1, 0.15) is 33.6 Å². The number of aliphatic hydroxyl groups excluding tert-OH is 1. The minimum absolute atomic E-state index is 0.107. The number of fused-ring (bicyclic) bond motifs is 1. The van der Waals surface area contributed by atoms with Gasteiger partial charge in [-0.2, -0.15) is 0 Å². The van der Waals surface area contributed by atoms with E-state index in [0.717, 1.165) is 16.9 Å². The molecule has 0 amide bonds. The summed E-state index contributed by atoms with van der Waals surface area (Å²) in [7, 11) is 1.60. The van der Waals surface area contributed by atoms with E-state index in [9.17, 15) is 15.0 Å². The van der Waals surface area contributed by atoms with Crippen molar-refractivity contribution in [1.29, 1.82) is 0 Å². The fourth-order valence-electron chi connectivity index (χ4n) is 3.27. The number of allylic oxidation sites excluding steroid dienone is 1. The lowest BCUT2D eigenvalue weighted by Gasteiger charge is -2.24. The molecule has 6 heteroatoms. The molecule has 0 bridgehead atoms. The van der Waals surface area contributed by atoms with E-state index in [1.165, 1.54) is 6.26 Å². The van der Waals surface area contributed by atoms with Gasteiger partial charge in [0, 0.05) is 6.07 Å². The highest BCUT2D eigenvalue weighted by atomic mass is 16.5. The second-order valence-corrected chi connectivity index (χ2v) is 8.43. The summed E-state index contributed by atoms with van der Waals surface area (Å²) in [5.74, 6) is 1.32. The predicted octanol–water partition coefficient (Wildman–Crippen LogP) is 4.71. The van der Waals surface area contributed by atoms with Crippen LogP contribution in [-0.4, -0.2) is 35.6 Å². The zero-order valence-electron chi connectivity index (χ0n) is 18.9. The number of aliphatic hydroxyl groups is 2. The monoisotopic (exact) mass is 438 g/mol. The first-order chi connectivity index (χ1) is 15.2. The average Bonchev–Trinajstić information content (AvgIpc) is 2.77. The number of rotatable bonds is 9. The molecule has 3 aromatic rings. The Morgan fingerprint density at radius 1 is 1.16 bits per heavy atom. The Labute approximate surface area is 187 Å². The average molecular weight is 439 g/mol. The smallest absolute Gasteiger partial charge is 0.200 e. The van der Waals surface area contributed by atoms with Gasteiger partial charge in [0.1, 0.15) is 30.0 Å². The first kappa shape index (κ1) is 23.6. The van der Waals surface area contributed by atoms with E-state index in [4.69, 9.17) is 13.9 Å². The topological polar surface area (TPSA) is 89.1 Å². The van der Waals surface area contributed by atoms with Crippen LogP contribution < -0.4 is 14.9 Å². The molecule has 0 spiro atoms. The molecule has 32 heavy (non-hydrogen) atoms. The van der Waals surface area contributed by atoms with Crippen molar-refractivity contribution >= 4 is 11.0 Å². The summed E-state index contributed by atoms with van der Waals surface area (Å²) in [6.45, 7) is 5.50. The number of hydrogen-bond donors (Lipinski definition) is 2. The normalized spacial score (nSPS) is 13.2. The van der Waals surface area contributed by atoms with Gasteiger partial charge in [-0.25, -0.2) is 0 Å². The maximum Gasteiger partial charge on any atom is 0.200 e. The second-order valence-electron chi connectivity index (χ2n) is 8.43. The van der Waals surface area contributed by atoms with Gasteiger partial charge >= 0.3 is 0 Å². The van der Waals surface area contributed by atoms with E-state index in [2.05, 4.69) is 0 Å². The predicted molar refractivity (Wildman–Crippen MR) is 125 cm³/mol. The van der Waals surface area contributed by atoms with Crippen molar-refractivity contribution in [2.45, 2.75) is 45.3 Å². The summed E-state index contributed by atoms with van der Waals surface area (Å²) >= 11 is 0. The zero-order chi connectivity index (χ0) is 23.3. The molecule has 6 nitrogen and oxygen atoms in total. The molecule has 0 aliphatic carbocycles. The first-order valence-electron chi connectivity index (χ1n) is 10.6. The summed E-state index contributed by atoms with van der Waals surface area (Å²) in [5.41, 5.74) is 1.55. The Kier molecular flexibility index (Phi) is 7.38. The number of benzene rings is 2. The Morgan fingerprint density at radius 2 is 1.84 bits per heavy atom. The molecule has 0 fully saturated rings. The third-order valence-corrected chi connectivity index (χ3v) is 5.46. The Morgan fingerprint density at radius 3 is 2.50 bits per heavy atom. The lowest BCUT2D eigenvalue weighted by atomic mass is 9.96. The second kappa shape index (κ2) is 10.0. The Balaban J connectivity index is 1.67. The quantitative estimate of drug-likeness (QED) is 0.471. The molecule has 0 saturated carbocycles. The lowest BCUT2D eigenvalue weighted by Crippen LogP contribution is -2.35. The van der Waals surface area contributed by atoms with Gasteiger partial charge in [0.25, 0.3) is 0 Å². The standard InChI is InChI=1S/C26H30O6/c1-17(5-12-24(27)26(2,3)29)13-14-31-20-10-11-21-23(15-20)32-16-22(25(21)28)18-6-8-19(30-4)9-7-18/h6-11,13,15-16,24,27,29H,5,12,14H2,1-4H3/t24-/m0/s1. The SMILES string of the molecule is COc1ccc(-c2coc3cc(OCC=C(C)CC[C@H](O)C(C)(C)O)ccc3c2=O)cc1. The van der Waals surface area contributed by atoms with Crippen LogP contribution in [0.5, 0.6) is 11.5 Å². The summed E-state index contributed by atoms with van der Waals surface area (Å²) in [4.78, 5) is 12.9. The van der Waals surface area contributed by atoms with Gasteiger partial charge in [-0.1, -0.05) is 17.7 Å². The molecular formula is C26H30O6. The fraction of sp³-hybridized carbons (Fsp3) is 0.346. The molecule has 2 N–H and O–H groups in total. The van der Waals surface area contributed by atoms with Crippen LogP contribution >= 0.6 is 0 Å². The highest BCUT2D eigenvalue weighted by Gasteiger charge is 2.23. The molecule has 0 radical (unpaired) electrons. The van der Waals surface area contributed by atoms with E-state index >= 15 is 0 Å². The van der Waals surface area contributed by atoms with Gasteiger partial charge in [-0.3, -0.25) is 4.79 Å². The van der Waals surface area contributed by atoms with Gasteiger partial charge in [0.05, 0.1) is 29.8 Å². The molecule has 0 saturated heterocycles. The van der Waals surface area contributed by atoms with Crippen molar-refractivity contribution in [2.24, 2.45) is 0 Å². The Bertz CT molecular complexity index is 1140. The van der Waals surface area contributed by atoms with Gasteiger partial charge in [0.2, 0.25) is 0 Å². The van der Waals surface area contributed by atoms with E-state index in [-0.39, 0.29) is 5.43 Å².